The number of rotatable bonds is 5. The Bertz CT molecular complexity index is 322. The normalized spacial score (nSPS) is 14.8. The zero-order chi connectivity index (χ0) is 12.1. The van der Waals surface area contributed by atoms with Crippen molar-refractivity contribution in [2.24, 2.45) is 5.92 Å². The first-order chi connectivity index (χ1) is 7.56. The maximum atomic E-state index is 11.5. The van der Waals surface area contributed by atoms with Crippen molar-refractivity contribution in [3.05, 3.63) is 18.0 Å². The highest BCUT2D eigenvalue weighted by Gasteiger charge is 2.25. The second kappa shape index (κ2) is 5.65. The van der Waals surface area contributed by atoms with Gasteiger partial charge in [-0.1, -0.05) is 13.8 Å². The van der Waals surface area contributed by atoms with Crippen LogP contribution in [0.1, 0.15) is 32.5 Å². The Morgan fingerprint density at radius 3 is 2.62 bits per heavy atom. The zero-order valence-corrected chi connectivity index (χ0v) is 10.2. The molecule has 16 heavy (non-hydrogen) atoms. The first-order valence-corrected chi connectivity index (χ1v) is 5.39. The third-order valence-electron chi connectivity index (χ3n) is 2.54. The van der Waals surface area contributed by atoms with Gasteiger partial charge in [0.05, 0.1) is 12.8 Å². The highest BCUT2D eigenvalue weighted by atomic mass is 16.5. The summed E-state index contributed by atoms with van der Waals surface area (Å²) in [6.07, 6.45) is 1.69. The number of nitrogens with zero attached hydrogens (tertiary/aromatic N) is 1. The number of esters is 1. The monoisotopic (exact) mass is 225 g/mol. The van der Waals surface area contributed by atoms with E-state index in [-0.39, 0.29) is 24.0 Å². The van der Waals surface area contributed by atoms with Crippen LogP contribution >= 0.6 is 0 Å². The average molecular weight is 225 g/mol. The SMILES string of the molecule is COC(=O)[C@@H](NC(C)c1ccn[nH]1)C(C)C. The molecule has 0 radical (unpaired) electrons. The van der Waals surface area contributed by atoms with Crippen molar-refractivity contribution in [2.45, 2.75) is 32.9 Å². The Kier molecular flexibility index (Phi) is 4.49. The molecule has 1 aromatic rings. The van der Waals surface area contributed by atoms with Gasteiger partial charge in [0.2, 0.25) is 0 Å². The van der Waals surface area contributed by atoms with E-state index in [9.17, 15) is 4.79 Å². The van der Waals surface area contributed by atoms with Crippen LogP contribution in [0.2, 0.25) is 0 Å². The predicted octanol–water partition coefficient (Wildman–Crippen LogP) is 1.26. The molecule has 0 amide bonds. The lowest BCUT2D eigenvalue weighted by Crippen LogP contribution is -2.43. The lowest BCUT2D eigenvalue weighted by atomic mass is 10.0. The zero-order valence-electron chi connectivity index (χ0n) is 10.2. The van der Waals surface area contributed by atoms with Crippen molar-refractivity contribution >= 4 is 5.97 Å². The summed E-state index contributed by atoms with van der Waals surface area (Å²) in [6, 6.07) is 1.61. The molecule has 5 nitrogen and oxygen atoms in total. The highest BCUT2D eigenvalue weighted by Crippen LogP contribution is 2.12. The Hall–Kier alpha value is -1.36. The van der Waals surface area contributed by atoms with Crippen molar-refractivity contribution in [1.82, 2.24) is 15.5 Å². The fourth-order valence-corrected chi connectivity index (χ4v) is 1.53. The van der Waals surface area contributed by atoms with Crippen molar-refractivity contribution in [2.75, 3.05) is 7.11 Å². The molecule has 0 fully saturated rings. The van der Waals surface area contributed by atoms with Crippen LogP contribution in [0.3, 0.4) is 0 Å². The number of carbonyl (C=O) groups is 1. The van der Waals surface area contributed by atoms with Gasteiger partial charge in [-0.05, 0) is 18.9 Å². The van der Waals surface area contributed by atoms with Crippen LogP contribution in [0.15, 0.2) is 12.3 Å². The largest absolute Gasteiger partial charge is 0.468 e. The number of carbonyl (C=O) groups excluding carboxylic acids is 1. The Morgan fingerprint density at radius 2 is 2.19 bits per heavy atom. The third-order valence-corrected chi connectivity index (χ3v) is 2.54. The molecule has 1 aromatic heterocycles. The van der Waals surface area contributed by atoms with Gasteiger partial charge in [-0.3, -0.25) is 15.2 Å². The van der Waals surface area contributed by atoms with Crippen LogP contribution < -0.4 is 5.32 Å². The number of nitrogens with one attached hydrogen (secondary N) is 2. The summed E-state index contributed by atoms with van der Waals surface area (Å²) < 4.78 is 4.76. The molecular formula is C11H19N3O2. The first-order valence-electron chi connectivity index (χ1n) is 5.39. The number of methoxy groups -OCH3 is 1. The van der Waals surface area contributed by atoms with Gasteiger partial charge in [0.15, 0.2) is 0 Å². The molecule has 1 rings (SSSR count). The van der Waals surface area contributed by atoms with E-state index in [4.69, 9.17) is 4.74 Å². The molecule has 0 aromatic carbocycles. The van der Waals surface area contributed by atoms with E-state index >= 15 is 0 Å². The van der Waals surface area contributed by atoms with Crippen LogP contribution in [0.25, 0.3) is 0 Å². The van der Waals surface area contributed by atoms with Gasteiger partial charge in [0.1, 0.15) is 6.04 Å². The molecule has 0 bridgehead atoms. The summed E-state index contributed by atoms with van der Waals surface area (Å²) in [5.74, 6) is -0.0563. The van der Waals surface area contributed by atoms with Gasteiger partial charge in [0, 0.05) is 12.2 Å². The van der Waals surface area contributed by atoms with E-state index in [2.05, 4.69) is 15.5 Å². The van der Waals surface area contributed by atoms with Crippen molar-refractivity contribution in [1.29, 1.82) is 0 Å². The van der Waals surface area contributed by atoms with Gasteiger partial charge < -0.3 is 4.74 Å². The number of ether oxygens (including phenoxy) is 1. The van der Waals surface area contributed by atoms with E-state index in [0.29, 0.717) is 0 Å². The number of H-pyrrole nitrogens is 1. The molecule has 2 N–H and O–H groups in total. The molecule has 0 saturated heterocycles. The summed E-state index contributed by atoms with van der Waals surface area (Å²) in [5, 5.41) is 9.98. The molecule has 0 aliphatic heterocycles. The van der Waals surface area contributed by atoms with Gasteiger partial charge in [-0.25, -0.2) is 0 Å². The second-order valence-electron chi connectivity index (χ2n) is 4.15. The highest BCUT2D eigenvalue weighted by molar-refractivity contribution is 5.76. The lowest BCUT2D eigenvalue weighted by molar-refractivity contribution is -0.144. The van der Waals surface area contributed by atoms with Crippen molar-refractivity contribution in [3.8, 4) is 0 Å². The molecule has 0 aliphatic carbocycles. The summed E-state index contributed by atoms with van der Waals surface area (Å²) in [7, 11) is 1.40. The second-order valence-corrected chi connectivity index (χ2v) is 4.15. The van der Waals surface area contributed by atoms with Crippen LogP contribution in [0.5, 0.6) is 0 Å². The van der Waals surface area contributed by atoms with Gasteiger partial charge >= 0.3 is 5.97 Å². The summed E-state index contributed by atoms with van der Waals surface area (Å²) >= 11 is 0. The molecule has 0 saturated carbocycles. The molecule has 0 spiro atoms. The van der Waals surface area contributed by atoms with E-state index in [1.54, 1.807) is 6.20 Å². The topological polar surface area (TPSA) is 67.0 Å². The number of hydrogen-bond donors (Lipinski definition) is 2. The average Bonchev–Trinajstić information content (AvgIpc) is 2.77. The van der Waals surface area contributed by atoms with Crippen molar-refractivity contribution in [3.63, 3.8) is 0 Å². The molecule has 1 heterocycles. The smallest absolute Gasteiger partial charge is 0.323 e. The van der Waals surface area contributed by atoms with E-state index < -0.39 is 0 Å². The number of hydrogen-bond acceptors (Lipinski definition) is 4. The number of aromatic nitrogens is 2. The minimum absolute atomic E-state index is 0.0361. The predicted molar refractivity (Wildman–Crippen MR) is 60.8 cm³/mol. The number of aromatic amines is 1. The third kappa shape index (κ3) is 3.06. The minimum Gasteiger partial charge on any atom is -0.468 e. The molecular weight excluding hydrogens is 206 g/mol. The molecule has 1 unspecified atom stereocenters. The molecule has 90 valence electrons. The first kappa shape index (κ1) is 12.7. The van der Waals surface area contributed by atoms with E-state index in [1.807, 2.05) is 26.8 Å². The quantitative estimate of drug-likeness (QED) is 0.740. The van der Waals surface area contributed by atoms with Crippen LogP contribution in [0, 0.1) is 5.92 Å². The van der Waals surface area contributed by atoms with Crippen LogP contribution in [-0.4, -0.2) is 29.3 Å². The van der Waals surface area contributed by atoms with Gasteiger partial charge in [-0.2, -0.15) is 5.10 Å². The maximum absolute atomic E-state index is 11.5. The molecule has 2 atom stereocenters. The molecule has 0 aliphatic rings. The Morgan fingerprint density at radius 1 is 1.50 bits per heavy atom. The Labute approximate surface area is 95.6 Å². The summed E-state index contributed by atoms with van der Waals surface area (Å²) in [5.41, 5.74) is 0.953. The standard InChI is InChI=1S/C11H19N3O2/c1-7(2)10(11(15)16-4)13-8(3)9-5-6-12-14-9/h5-8,10,13H,1-4H3,(H,12,14)/t8?,10-/m0/s1. The van der Waals surface area contributed by atoms with Gasteiger partial charge in [0.25, 0.3) is 0 Å². The lowest BCUT2D eigenvalue weighted by Gasteiger charge is -2.23. The fourth-order valence-electron chi connectivity index (χ4n) is 1.53. The van der Waals surface area contributed by atoms with Crippen molar-refractivity contribution < 1.29 is 9.53 Å². The van der Waals surface area contributed by atoms with Crippen LogP contribution in [0.4, 0.5) is 0 Å². The maximum Gasteiger partial charge on any atom is 0.323 e. The molecule has 5 heteroatoms. The Balaban J connectivity index is 2.65. The summed E-state index contributed by atoms with van der Waals surface area (Å²) in [6.45, 7) is 5.94. The van der Waals surface area contributed by atoms with E-state index in [0.717, 1.165) is 5.69 Å². The van der Waals surface area contributed by atoms with Gasteiger partial charge in [-0.15, -0.1) is 0 Å². The van der Waals surface area contributed by atoms with Crippen LogP contribution in [-0.2, 0) is 9.53 Å². The minimum atomic E-state index is -0.303. The fraction of sp³-hybridized carbons (Fsp3) is 0.636. The summed E-state index contributed by atoms with van der Waals surface area (Å²) in [4.78, 5) is 11.5. The van der Waals surface area contributed by atoms with E-state index in [1.165, 1.54) is 7.11 Å².